The van der Waals surface area contributed by atoms with Crippen molar-refractivity contribution in [1.82, 2.24) is 0 Å². The molecule has 0 aromatic heterocycles. The van der Waals surface area contributed by atoms with Crippen molar-refractivity contribution < 1.29 is 14.3 Å². The maximum absolute atomic E-state index is 13.1. The van der Waals surface area contributed by atoms with Crippen LogP contribution in [-0.2, 0) is 15.1 Å². The minimum atomic E-state index is -1.18. The molecule has 1 unspecified atom stereocenters. The van der Waals surface area contributed by atoms with Gasteiger partial charge < -0.3 is 4.74 Å². The number of rotatable bonds is 3. The van der Waals surface area contributed by atoms with Crippen molar-refractivity contribution in [3.8, 4) is 0 Å². The summed E-state index contributed by atoms with van der Waals surface area (Å²) in [6.45, 7) is 3.90. The summed E-state index contributed by atoms with van der Waals surface area (Å²) >= 11 is 0. The van der Waals surface area contributed by atoms with E-state index in [0.717, 1.165) is 16.7 Å². The summed E-state index contributed by atoms with van der Waals surface area (Å²) in [5.74, 6) is -0.463. The Labute approximate surface area is 129 Å². The molecule has 1 aliphatic heterocycles. The van der Waals surface area contributed by atoms with Gasteiger partial charge in [0.25, 0.3) is 0 Å². The van der Waals surface area contributed by atoms with Crippen LogP contribution in [0.15, 0.2) is 48.5 Å². The fourth-order valence-electron chi connectivity index (χ4n) is 2.98. The topological polar surface area (TPSA) is 43.4 Å². The monoisotopic (exact) mass is 294 g/mol. The average Bonchev–Trinajstić information content (AvgIpc) is 2.90. The number of esters is 1. The summed E-state index contributed by atoms with van der Waals surface area (Å²) < 4.78 is 5.56. The molecule has 0 saturated carbocycles. The lowest BCUT2D eigenvalue weighted by atomic mass is 9.83. The molecule has 22 heavy (non-hydrogen) atoms. The van der Waals surface area contributed by atoms with Gasteiger partial charge in [-0.05, 0) is 19.9 Å². The Morgan fingerprint density at radius 3 is 2.32 bits per heavy atom. The second kappa shape index (κ2) is 5.41. The number of cyclic esters (lactones) is 1. The van der Waals surface area contributed by atoms with Crippen LogP contribution in [0.2, 0.25) is 0 Å². The molecule has 3 rings (SSSR count). The molecule has 0 radical (unpaired) electrons. The standard InChI is InChI=1S/C19H18O3/c1-13-5-3-7-15(11-13)18(21)19(10-9-17(20)22-19)16-8-4-6-14(2)12-16/h3-8,11-12H,9-10H2,1-2H3. The van der Waals surface area contributed by atoms with Crippen LogP contribution in [0.5, 0.6) is 0 Å². The first-order chi connectivity index (χ1) is 10.5. The summed E-state index contributed by atoms with van der Waals surface area (Å²) in [6.07, 6.45) is 0.660. The first-order valence-corrected chi connectivity index (χ1v) is 7.42. The lowest BCUT2D eigenvalue weighted by Gasteiger charge is -2.27. The van der Waals surface area contributed by atoms with E-state index in [1.54, 1.807) is 6.07 Å². The molecule has 0 spiro atoms. The van der Waals surface area contributed by atoms with Crippen LogP contribution in [0.3, 0.4) is 0 Å². The smallest absolute Gasteiger partial charge is 0.307 e. The molecule has 112 valence electrons. The van der Waals surface area contributed by atoms with E-state index in [1.165, 1.54) is 0 Å². The highest BCUT2D eigenvalue weighted by Gasteiger charge is 2.48. The van der Waals surface area contributed by atoms with E-state index >= 15 is 0 Å². The second-order valence-corrected chi connectivity index (χ2v) is 5.87. The molecule has 3 heteroatoms. The number of hydrogen-bond acceptors (Lipinski definition) is 3. The van der Waals surface area contributed by atoms with E-state index < -0.39 is 5.60 Å². The van der Waals surface area contributed by atoms with Crippen LogP contribution in [0.1, 0.15) is 39.9 Å². The van der Waals surface area contributed by atoms with Crippen molar-refractivity contribution in [2.45, 2.75) is 32.3 Å². The Hall–Kier alpha value is -2.42. The number of ether oxygens (including phenoxy) is 1. The van der Waals surface area contributed by atoms with Gasteiger partial charge in [0.05, 0.1) is 6.42 Å². The predicted molar refractivity (Wildman–Crippen MR) is 83.7 cm³/mol. The van der Waals surface area contributed by atoms with Gasteiger partial charge in [0.2, 0.25) is 5.78 Å². The van der Waals surface area contributed by atoms with Crippen molar-refractivity contribution in [2.75, 3.05) is 0 Å². The van der Waals surface area contributed by atoms with Crippen molar-refractivity contribution >= 4 is 11.8 Å². The van der Waals surface area contributed by atoms with Crippen LogP contribution in [0.4, 0.5) is 0 Å². The average molecular weight is 294 g/mol. The first kappa shape index (κ1) is 14.5. The minimum Gasteiger partial charge on any atom is -0.446 e. The Bertz CT molecular complexity index is 748. The number of Topliss-reactive ketones (excluding diaryl/α,β-unsaturated/α-hetero) is 1. The highest BCUT2D eigenvalue weighted by atomic mass is 16.6. The third-order valence-corrected chi connectivity index (χ3v) is 4.10. The highest BCUT2D eigenvalue weighted by molar-refractivity contribution is 6.05. The fraction of sp³-hybridized carbons (Fsp3) is 0.263. The van der Waals surface area contributed by atoms with Gasteiger partial charge in [-0.15, -0.1) is 0 Å². The Morgan fingerprint density at radius 2 is 1.73 bits per heavy atom. The number of carbonyl (C=O) groups is 2. The van der Waals surface area contributed by atoms with Gasteiger partial charge in [0.1, 0.15) is 0 Å². The SMILES string of the molecule is Cc1cccc(C(=O)C2(c3cccc(C)c3)CCC(=O)O2)c1. The summed E-state index contributed by atoms with van der Waals surface area (Å²) in [6, 6.07) is 15.0. The molecule has 1 aliphatic rings. The Kier molecular flexibility index (Phi) is 3.57. The number of carbonyl (C=O) groups excluding carboxylic acids is 2. The lowest BCUT2D eigenvalue weighted by Crippen LogP contribution is -2.36. The van der Waals surface area contributed by atoms with Gasteiger partial charge >= 0.3 is 5.97 Å². The summed E-state index contributed by atoms with van der Waals surface area (Å²) in [5, 5.41) is 0. The molecule has 1 saturated heterocycles. The van der Waals surface area contributed by atoms with E-state index in [-0.39, 0.29) is 18.2 Å². The maximum Gasteiger partial charge on any atom is 0.307 e. The molecule has 0 bridgehead atoms. The summed E-state index contributed by atoms with van der Waals surface area (Å²) in [7, 11) is 0. The number of ketones is 1. The predicted octanol–water partition coefficient (Wildman–Crippen LogP) is 3.72. The number of hydrogen-bond donors (Lipinski definition) is 0. The highest BCUT2D eigenvalue weighted by Crippen LogP contribution is 2.40. The van der Waals surface area contributed by atoms with Crippen LogP contribution in [-0.4, -0.2) is 11.8 Å². The van der Waals surface area contributed by atoms with Crippen molar-refractivity contribution in [3.63, 3.8) is 0 Å². The maximum atomic E-state index is 13.1. The van der Waals surface area contributed by atoms with E-state index in [2.05, 4.69) is 0 Å². The zero-order valence-corrected chi connectivity index (χ0v) is 12.8. The van der Waals surface area contributed by atoms with E-state index in [0.29, 0.717) is 12.0 Å². The zero-order chi connectivity index (χ0) is 15.7. The molecule has 1 heterocycles. The molecule has 0 N–H and O–H groups in total. The third kappa shape index (κ3) is 2.43. The summed E-state index contributed by atoms with van der Waals surface area (Å²) in [4.78, 5) is 24.8. The summed E-state index contributed by atoms with van der Waals surface area (Å²) in [5.41, 5.74) is 2.20. The van der Waals surface area contributed by atoms with Crippen molar-refractivity contribution in [1.29, 1.82) is 0 Å². The zero-order valence-electron chi connectivity index (χ0n) is 12.8. The van der Waals surface area contributed by atoms with Crippen LogP contribution >= 0.6 is 0 Å². The largest absolute Gasteiger partial charge is 0.446 e. The number of aryl methyl sites for hydroxylation is 2. The van der Waals surface area contributed by atoms with Crippen LogP contribution < -0.4 is 0 Å². The quantitative estimate of drug-likeness (QED) is 0.640. The van der Waals surface area contributed by atoms with Gasteiger partial charge in [-0.25, -0.2) is 0 Å². The van der Waals surface area contributed by atoms with Gasteiger partial charge in [-0.2, -0.15) is 0 Å². The first-order valence-electron chi connectivity index (χ1n) is 7.42. The van der Waals surface area contributed by atoms with Gasteiger partial charge in [-0.3, -0.25) is 9.59 Å². The van der Waals surface area contributed by atoms with E-state index in [9.17, 15) is 9.59 Å². The molecule has 1 fully saturated rings. The Balaban J connectivity index is 2.11. The normalized spacial score (nSPS) is 20.7. The van der Waals surface area contributed by atoms with Gasteiger partial charge in [-0.1, -0.05) is 53.6 Å². The molecule has 0 amide bonds. The number of benzene rings is 2. The van der Waals surface area contributed by atoms with Crippen molar-refractivity contribution in [3.05, 3.63) is 70.8 Å². The Morgan fingerprint density at radius 1 is 1.05 bits per heavy atom. The third-order valence-electron chi connectivity index (χ3n) is 4.10. The fourth-order valence-corrected chi connectivity index (χ4v) is 2.98. The lowest BCUT2D eigenvalue weighted by molar-refractivity contribution is -0.146. The molecule has 2 aromatic rings. The molecule has 2 aromatic carbocycles. The van der Waals surface area contributed by atoms with E-state index in [1.807, 2.05) is 56.3 Å². The van der Waals surface area contributed by atoms with Crippen LogP contribution in [0, 0.1) is 13.8 Å². The van der Waals surface area contributed by atoms with Gasteiger partial charge in [0, 0.05) is 17.5 Å². The van der Waals surface area contributed by atoms with Gasteiger partial charge in [0.15, 0.2) is 5.60 Å². The molecule has 3 nitrogen and oxygen atoms in total. The van der Waals surface area contributed by atoms with Crippen molar-refractivity contribution in [2.24, 2.45) is 0 Å². The molecule has 1 atom stereocenters. The molecular weight excluding hydrogens is 276 g/mol. The van der Waals surface area contributed by atoms with E-state index in [4.69, 9.17) is 4.74 Å². The molecule has 0 aliphatic carbocycles. The minimum absolute atomic E-state index is 0.146. The second-order valence-electron chi connectivity index (χ2n) is 5.87. The molecular formula is C19H18O3. The van der Waals surface area contributed by atoms with Crippen LogP contribution in [0.25, 0.3) is 0 Å².